The first kappa shape index (κ1) is 15.3. The Morgan fingerprint density at radius 2 is 2.14 bits per heavy atom. The summed E-state index contributed by atoms with van der Waals surface area (Å²) in [4.78, 5) is 0. The van der Waals surface area contributed by atoms with Gasteiger partial charge in [0.15, 0.2) is 0 Å². The Labute approximate surface area is 132 Å². The molecule has 0 radical (unpaired) electrons. The van der Waals surface area contributed by atoms with Crippen molar-refractivity contribution in [2.24, 2.45) is 5.41 Å². The van der Waals surface area contributed by atoms with Gasteiger partial charge in [-0.2, -0.15) is 5.10 Å². The van der Waals surface area contributed by atoms with Crippen LogP contribution in [-0.4, -0.2) is 27.5 Å². The van der Waals surface area contributed by atoms with Crippen LogP contribution in [0.3, 0.4) is 0 Å². The Kier molecular flexibility index (Phi) is 4.32. The third kappa shape index (κ3) is 2.94. The largest absolute Gasteiger partial charge is 0.396 e. The van der Waals surface area contributed by atoms with Crippen molar-refractivity contribution in [1.82, 2.24) is 15.1 Å². The molecular weight excluding hydrogens is 274 g/mol. The maximum atomic E-state index is 9.64. The average Bonchev–Trinajstić information content (AvgIpc) is 3.10. The molecule has 2 aromatic rings. The lowest BCUT2D eigenvalue weighted by atomic mass is 9.86. The zero-order valence-corrected chi connectivity index (χ0v) is 13.4. The highest BCUT2D eigenvalue weighted by molar-refractivity contribution is 5.32. The van der Waals surface area contributed by atoms with Crippen LogP contribution in [0.25, 0.3) is 5.69 Å². The molecular formula is C18H25N3O. The number of hydrogen-bond donors (Lipinski definition) is 2. The van der Waals surface area contributed by atoms with Crippen LogP contribution in [0, 0.1) is 12.3 Å². The Hall–Kier alpha value is -1.65. The molecule has 1 heterocycles. The van der Waals surface area contributed by atoms with E-state index in [1.54, 1.807) is 0 Å². The van der Waals surface area contributed by atoms with Crippen LogP contribution < -0.4 is 5.32 Å². The number of benzene rings is 1. The van der Waals surface area contributed by atoms with Crippen molar-refractivity contribution in [3.05, 3.63) is 47.8 Å². The second-order valence-corrected chi connectivity index (χ2v) is 6.66. The zero-order valence-electron chi connectivity index (χ0n) is 13.4. The summed E-state index contributed by atoms with van der Waals surface area (Å²) < 4.78 is 1.94. The van der Waals surface area contributed by atoms with Crippen molar-refractivity contribution in [1.29, 1.82) is 0 Å². The zero-order chi connectivity index (χ0) is 15.6. The molecule has 0 amide bonds. The van der Waals surface area contributed by atoms with Crippen LogP contribution in [0.15, 0.2) is 36.5 Å². The van der Waals surface area contributed by atoms with Crippen molar-refractivity contribution in [3.8, 4) is 5.69 Å². The Morgan fingerprint density at radius 1 is 1.36 bits per heavy atom. The first-order chi connectivity index (χ1) is 10.6. The van der Waals surface area contributed by atoms with Gasteiger partial charge >= 0.3 is 0 Å². The van der Waals surface area contributed by atoms with Crippen molar-refractivity contribution in [2.75, 3.05) is 6.61 Å². The summed E-state index contributed by atoms with van der Waals surface area (Å²) in [6.07, 6.45) is 5.53. The van der Waals surface area contributed by atoms with Gasteiger partial charge in [0.25, 0.3) is 0 Å². The van der Waals surface area contributed by atoms with Gasteiger partial charge in [0.1, 0.15) is 0 Å². The molecule has 22 heavy (non-hydrogen) atoms. The van der Waals surface area contributed by atoms with E-state index in [9.17, 15) is 5.11 Å². The Bertz CT molecular complexity index is 623. The van der Waals surface area contributed by atoms with Crippen molar-refractivity contribution >= 4 is 0 Å². The topological polar surface area (TPSA) is 50.1 Å². The Balaban J connectivity index is 1.70. The summed E-state index contributed by atoms with van der Waals surface area (Å²) in [7, 11) is 0. The lowest BCUT2D eigenvalue weighted by Crippen LogP contribution is -2.41. The number of hydrogen-bond acceptors (Lipinski definition) is 3. The molecule has 4 nitrogen and oxygen atoms in total. The smallest absolute Gasteiger partial charge is 0.0645 e. The molecule has 2 atom stereocenters. The van der Waals surface area contributed by atoms with Gasteiger partial charge in [0.05, 0.1) is 11.4 Å². The molecule has 0 spiro atoms. The quantitative estimate of drug-likeness (QED) is 0.892. The van der Waals surface area contributed by atoms with Gasteiger partial charge in [-0.05, 0) is 31.9 Å². The van der Waals surface area contributed by atoms with Crippen molar-refractivity contribution in [3.63, 3.8) is 0 Å². The molecule has 1 aromatic carbocycles. The van der Waals surface area contributed by atoms with E-state index in [0.717, 1.165) is 30.8 Å². The minimum atomic E-state index is 0.0172. The maximum Gasteiger partial charge on any atom is 0.0645 e. The van der Waals surface area contributed by atoms with Gasteiger partial charge in [-0.1, -0.05) is 31.5 Å². The third-order valence-corrected chi connectivity index (χ3v) is 5.00. The summed E-state index contributed by atoms with van der Waals surface area (Å²) in [6, 6.07) is 10.6. The summed E-state index contributed by atoms with van der Waals surface area (Å²) >= 11 is 0. The molecule has 1 saturated carbocycles. The number of nitrogens with zero attached hydrogens (tertiary/aromatic N) is 2. The summed E-state index contributed by atoms with van der Waals surface area (Å²) in [6.45, 7) is 5.29. The maximum absolute atomic E-state index is 9.64. The normalized spacial score (nSPS) is 24.8. The molecule has 4 heteroatoms. The minimum Gasteiger partial charge on any atom is -0.396 e. The van der Waals surface area contributed by atoms with Gasteiger partial charge in [-0.3, -0.25) is 0 Å². The van der Waals surface area contributed by atoms with Crippen LogP contribution >= 0.6 is 0 Å². The second kappa shape index (κ2) is 6.23. The van der Waals surface area contributed by atoms with Crippen LogP contribution in [0.5, 0.6) is 0 Å². The number of rotatable bonds is 5. The SMILES string of the molecule is Cc1nn(-c2ccccc2)cc1CNC1CCCC1(C)CO. The molecule has 0 aliphatic heterocycles. The third-order valence-electron chi connectivity index (χ3n) is 5.00. The molecule has 2 unspecified atom stereocenters. The minimum absolute atomic E-state index is 0.0172. The number of aromatic nitrogens is 2. The number of aryl methyl sites for hydroxylation is 1. The van der Waals surface area contributed by atoms with Gasteiger partial charge in [0, 0.05) is 36.4 Å². The molecule has 1 fully saturated rings. The Morgan fingerprint density at radius 3 is 2.86 bits per heavy atom. The molecule has 118 valence electrons. The summed E-state index contributed by atoms with van der Waals surface area (Å²) in [5.74, 6) is 0. The van der Waals surface area contributed by atoms with Crippen LogP contribution in [0.4, 0.5) is 0 Å². The second-order valence-electron chi connectivity index (χ2n) is 6.66. The molecule has 0 bridgehead atoms. The molecule has 2 N–H and O–H groups in total. The van der Waals surface area contributed by atoms with E-state index in [2.05, 4.69) is 42.6 Å². The number of aliphatic hydroxyl groups excluding tert-OH is 1. The van der Waals surface area contributed by atoms with E-state index < -0.39 is 0 Å². The van der Waals surface area contributed by atoms with Gasteiger partial charge < -0.3 is 10.4 Å². The average molecular weight is 299 g/mol. The highest BCUT2D eigenvalue weighted by Crippen LogP contribution is 2.37. The van der Waals surface area contributed by atoms with E-state index in [1.807, 2.05) is 22.9 Å². The first-order valence-electron chi connectivity index (χ1n) is 8.07. The molecule has 1 aromatic heterocycles. The van der Waals surface area contributed by atoms with Crippen LogP contribution in [-0.2, 0) is 6.54 Å². The first-order valence-corrected chi connectivity index (χ1v) is 8.07. The fraction of sp³-hybridized carbons (Fsp3) is 0.500. The van der Waals surface area contributed by atoms with E-state index in [4.69, 9.17) is 0 Å². The fourth-order valence-electron chi connectivity index (χ4n) is 3.39. The molecule has 3 rings (SSSR count). The molecule has 1 aliphatic rings. The van der Waals surface area contributed by atoms with Gasteiger partial charge in [0.2, 0.25) is 0 Å². The fourth-order valence-corrected chi connectivity index (χ4v) is 3.39. The highest BCUT2D eigenvalue weighted by Gasteiger charge is 2.37. The van der Waals surface area contributed by atoms with Crippen LogP contribution in [0.1, 0.15) is 37.4 Å². The lowest BCUT2D eigenvalue weighted by Gasteiger charge is -2.30. The monoisotopic (exact) mass is 299 g/mol. The number of aliphatic hydroxyl groups is 1. The number of para-hydroxylation sites is 1. The van der Waals surface area contributed by atoms with E-state index in [-0.39, 0.29) is 12.0 Å². The molecule has 1 aliphatic carbocycles. The standard InChI is InChI=1S/C18H25N3O/c1-14-15(11-19-17-9-6-10-18(17,2)13-22)12-21(20-14)16-7-4-3-5-8-16/h3-5,7-8,12,17,19,22H,6,9-11,13H2,1-2H3. The summed E-state index contributed by atoms with van der Waals surface area (Å²) in [5.41, 5.74) is 3.37. The van der Waals surface area contributed by atoms with Gasteiger partial charge in [-0.25, -0.2) is 4.68 Å². The van der Waals surface area contributed by atoms with Crippen molar-refractivity contribution in [2.45, 2.75) is 45.7 Å². The number of nitrogens with one attached hydrogen (secondary N) is 1. The van der Waals surface area contributed by atoms with E-state index in [0.29, 0.717) is 6.04 Å². The van der Waals surface area contributed by atoms with Crippen molar-refractivity contribution < 1.29 is 5.11 Å². The predicted octanol–water partition coefficient (Wildman–Crippen LogP) is 2.82. The van der Waals surface area contributed by atoms with E-state index >= 15 is 0 Å². The predicted molar refractivity (Wildman–Crippen MR) is 88.0 cm³/mol. The van der Waals surface area contributed by atoms with E-state index in [1.165, 1.54) is 12.0 Å². The molecule has 0 saturated heterocycles. The van der Waals surface area contributed by atoms with Gasteiger partial charge in [-0.15, -0.1) is 0 Å². The lowest BCUT2D eigenvalue weighted by molar-refractivity contribution is 0.118. The summed E-state index contributed by atoms with van der Waals surface area (Å²) in [5, 5.41) is 17.9. The van der Waals surface area contributed by atoms with Crippen LogP contribution in [0.2, 0.25) is 0 Å². The highest BCUT2D eigenvalue weighted by atomic mass is 16.3.